The smallest absolute Gasteiger partial charge is 0.277 e. The molecule has 23 heavy (non-hydrogen) atoms. The van der Waals surface area contributed by atoms with E-state index >= 15 is 0 Å². The van der Waals surface area contributed by atoms with Gasteiger partial charge in [0.05, 0.1) is 0 Å². The Morgan fingerprint density at radius 2 is 2.09 bits per heavy atom. The predicted octanol–water partition coefficient (Wildman–Crippen LogP) is 3.06. The number of fused-ring (bicyclic) bond motifs is 1. The van der Waals surface area contributed by atoms with Crippen LogP contribution in [-0.4, -0.2) is 29.0 Å². The van der Waals surface area contributed by atoms with E-state index in [9.17, 15) is 4.79 Å². The van der Waals surface area contributed by atoms with E-state index in [0.29, 0.717) is 24.1 Å². The molecule has 0 radical (unpaired) electrons. The molecule has 2 aromatic rings. The lowest BCUT2D eigenvalue weighted by atomic mass is 10.2. The minimum atomic E-state index is -0.0620. The molecule has 1 N–H and O–H groups in total. The Bertz CT molecular complexity index is 727. The Hall–Kier alpha value is -2.43. The molecule has 1 amide bonds. The molecule has 0 bridgehead atoms. The zero-order valence-corrected chi connectivity index (χ0v) is 13.8. The van der Waals surface area contributed by atoms with E-state index in [0.717, 1.165) is 24.3 Å². The molecule has 1 aliphatic rings. The summed E-state index contributed by atoms with van der Waals surface area (Å²) in [5, 5.41) is 3.20. The van der Waals surface area contributed by atoms with Crippen LogP contribution in [0.5, 0.6) is 0 Å². The Balaban J connectivity index is 1.85. The predicted molar refractivity (Wildman–Crippen MR) is 91.9 cm³/mol. The fraction of sp³-hybridized carbons (Fsp3) is 0.389. The summed E-state index contributed by atoms with van der Waals surface area (Å²) in [6, 6.07) is 9.79. The second-order valence-corrected chi connectivity index (χ2v) is 6.33. The van der Waals surface area contributed by atoms with Crippen LogP contribution in [0.15, 0.2) is 30.3 Å². The minimum absolute atomic E-state index is 0.0620. The van der Waals surface area contributed by atoms with Gasteiger partial charge in [-0.25, -0.2) is 9.97 Å². The molecule has 5 heteroatoms. The van der Waals surface area contributed by atoms with Crippen LogP contribution in [0.4, 0.5) is 11.6 Å². The maximum Gasteiger partial charge on any atom is 0.277 e. The zero-order chi connectivity index (χ0) is 16.4. The van der Waals surface area contributed by atoms with Crippen molar-refractivity contribution in [3.05, 3.63) is 47.3 Å². The SMILES string of the molecule is Cc1cc(C(=O)N2CCc3ccccc32)nc(NCC(C)C)n1. The average molecular weight is 310 g/mol. The number of anilines is 2. The van der Waals surface area contributed by atoms with Gasteiger partial charge in [0.15, 0.2) is 0 Å². The molecule has 5 nitrogen and oxygen atoms in total. The van der Waals surface area contributed by atoms with Gasteiger partial charge in [-0.1, -0.05) is 32.0 Å². The van der Waals surface area contributed by atoms with Gasteiger partial charge in [0.2, 0.25) is 5.95 Å². The zero-order valence-electron chi connectivity index (χ0n) is 13.8. The van der Waals surface area contributed by atoms with Crippen LogP contribution in [0.1, 0.15) is 35.6 Å². The summed E-state index contributed by atoms with van der Waals surface area (Å²) in [4.78, 5) is 23.4. The van der Waals surface area contributed by atoms with E-state index in [1.807, 2.05) is 30.0 Å². The number of nitrogens with one attached hydrogen (secondary N) is 1. The van der Waals surface area contributed by atoms with Gasteiger partial charge < -0.3 is 10.2 Å². The number of nitrogens with zero attached hydrogens (tertiary/aromatic N) is 3. The van der Waals surface area contributed by atoms with E-state index in [1.54, 1.807) is 6.07 Å². The van der Waals surface area contributed by atoms with Gasteiger partial charge in [-0.15, -0.1) is 0 Å². The lowest BCUT2D eigenvalue weighted by molar-refractivity contribution is 0.0984. The molecule has 1 aromatic heterocycles. The number of hydrogen-bond donors (Lipinski definition) is 1. The summed E-state index contributed by atoms with van der Waals surface area (Å²) in [6.07, 6.45) is 0.893. The molecule has 1 aliphatic heterocycles. The third-order valence-corrected chi connectivity index (χ3v) is 3.87. The van der Waals surface area contributed by atoms with E-state index in [1.165, 1.54) is 5.56 Å². The van der Waals surface area contributed by atoms with Gasteiger partial charge in [0.1, 0.15) is 5.69 Å². The van der Waals surface area contributed by atoms with Crippen LogP contribution in [-0.2, 0) is 6.42 Å². The highest BCUT2D eigenvalue weighted by Gasteiger charge is 2.26. The Morgan fingerprint density at radius 1 is 1.30 bits per heavy atom. The second-order valence-electron chi connectivity index (χ2n) is 6.33. The van der Waals surface area contributed by atoms with Crippen LogP contribution in [0.2, 0.25) is 0 Å². The number of hydrogen-bond acceptors (Lipinski definition) is 4. The molecule has 0 aliphatic carbocycles. The van der Waals surface area contributed by atoms with Crippen LogP contribution in [0, 0.1) is 12.8 Å². The number of carbonyl (C=O) groups excluding carboxylic acids is 1. The van der Waals surface area contributed by atoms with Gasteiger partial charge in [-0.2, -0.15) is 0 Å². The van der Waals surface area contributed by atoms with E-state index in [-0.39, 0.29) is 5.91 Å². The molecule has 0 saturated carbocycles. The van der Waals surface area contributed by atoms with Gasteiger partial charge >= 0.3 is 0 Å². The number of carbonyl (C=O) groups is 1. The third kappa shape index (κ3) is 3.33. The fourth-order valence-electron chi connectivity index (χ4n) is 2.74. The summed E-state index contributed by atoms with van der Waals surface area (Å²) in [7, 11) is 0. The quantitative estimate of drug-likeness (QED) is 0.943. The minimum Gasteiger partial charge on any atom is -0.354 e. The molecule has 3 rings (SSSR count). The monoisotopic (exact) mass is 310 g/mol. The maximum atomic E-state index is 12.9. The highest BCUT2D eigenvalue weighted by molar-refractivity contribution is 6.06. The molecule has 120 valence electrons. The number of aromatic nitrogens is 2. The van der Waals surface area contributed by atoms with Gasteiger partial charge in [-0.05, 0) is 37.0 Å². The molecule has 0 fully saturated rings. The van der Waals surface area contributed by atoms with Crippen molar-refractivity contribution in [2.24, 2.45) is 5.92 Å². The van der Waals surface area contributed by atoms with Crippen molar-refractivity contribution in [3.63, 3.8) is 0 Å². The van der Waals surface area contributed by atoms with Crippen molar-refractivity contribution in [2.75, 3.05) is 23.3 Å². The van der Waals surface area contributed by atoms with Crippen LogP contribution >= 0.6 is 0 Å². The van der Waals surface area contributed by atoms with Crippen LogP contribution in [0.3, 0.4) is 0 Å². The van der Waals surface area contributed by atoms with Crippen molar-refractivity contribution in [3.8, 4) is 0 Å². The first-order chi connectivity index (χ1) is 11.0. The van der Waals surface area contributed by atoms with Crippen molar-refractivity contribution in [1.82, 2.24) is 9.97 Å². The van der Waals surface area contributed by atoms with Crippen molar-refractivity contribution in [1.29, 1.82) is 0 Å². The van der Waals surface area contributed by atoms with Crippen LogP contribution < -0.4 is 10.2 Å². The van der Waals surface area contributed by atoms with Crippen molar-refractivity contribution in [2.45, 2.75) is 27.2 Å². The standard InChI is InChI=1S/C18H22N4O/c1-12(2)11-19-18-20-13(3)10-15(21-18)17(23)22-9-8-14-6-4-5-7-16(14)22/h4-7,10,12H,8-9,11H2,1-3H3,(H,19,20,21). The van der Waals surface area contributed by atoms with Crippen molar-refractivity contribution < 1.29 is 4.79 Å². The number of benzene rings is 1. The van der Waals surface area contributed by atoms with E-state index in [4.69, 9.17) is 0 Å². The molecular formula is C18H22N4O. The number of amides is 1. The molecule has 0 atom stereocenters. The highest BCUT2D eigenvalue weighted by Crippen LogP contribution is 2.28. The summed E-state index contributed by atoms with van der Waals surface area (Å²) in [5.41, 5.74) is 3.44. The van der Waals surface area contributed by atoms with Crippen molar-refractivity contribution >= 4 is 17.5 Å². The first-order valence-corrected chi connectivity index (χ1v) is 8.04. The molecule has 0 saturated heterocycles. The summed E-state index contributed by atoms with van der Waals surface area (Å²) in [5.74, 6) is 0.950. The average Bonchev–Trinajstić information content (AvgIpc) is 2.95. The third-order valence-electron chi connectivity index (χ3n) is 3.87. The number of rotatable bonds is 4. The Labute approximate surface area is 136 Å². The summed E-state index contributed by atoms with van der Waals surface area (Å²) < 4.78 is 0. The molecule has 1 aromatic carbocycles. The van der Waals surface area contributed by atoms with E-state index < -0.39 is 0 Å². The second kappa shape index (κ2) is 6.36. The maximum absolute atomic E-state index is 12.9. The summed E-state index contributed by atoms with van der Waals surface area (Å²) >= 11 is 0. The number of para-hydroxylation sites is 1. The number of aryl methyl sites for hydroxylation is 1. The van der Waals surface area contributed by atoms with Gasteiger partial charge in [0, 0.05) is 24.5 Å². The first-order valence-electron chi connectivity index (χ1n) is 8.04. The van der Waals surface area contributed by atoms with Crippen LogP contribution in [0.25, 0.3) is 0 Å². The Kier molecular flexibility index (Phi) is 4.28. The van der Waals surface area contributed by atoms with E-state index in [2.05, 4.69) is 35.2 Å². The fourth-order valence-corrected chi connectivity index (χ4v) is 2.74. The Morgan fingerprint density at radius 3 is 2.87 bits per heavy atom. The lowest BCUT2D eigenvalue weighted by Crippen LogP contribution is -2.30. The van der Waals surface area contributed by atoms with Gasteiger partial charge in [0.25, 0.3) is 5.91 Å². The summed E-state index contributed by atoms with van der Waals surface area (Å²) in [6.45, 7) is 7.61. The largest absolute Gasteiger partial charge is 0.354 e. The first kappa shape index (κ1) is 15.5. The molecular weight excluding hydrogens is 288 g/mol. The highest BCUT2D eigenvalue weighted by atomic mass is 16.2. The van der Waals surface area contributed by atoms with Gasteiger partial charge in [-0.3, -0.25) is 4.79 Å². The normalized spacial score (nSPS) is 13.3. The lowest BCUT2D eigenvalue weighted by Gasteiger charge is -2.17. The molecule has 2 heterocycles. The molecule has 0 unspecified atom stereocenters. The topological polar surface area (TPSA) is 58.1 Å². The molecule has 0 spiro atoms.